The lowest BCUT2D eigenvalue weighted by Gasteiger charge is -2.17. The van der Waals surface area contributed by atoms with Gasteiger partial charge in [-0.15, -0.1) is 0 Å². The molecule has 0 amide bonds. The zero-order valence-corrected chi connectivity index (χ0v) is 13.0. The van der Waals surface area contributed by atoms with Gasteiger partial charge >= 0.3 is 0 Å². The summed E-state index contributed by atoms with van der Waals surface area (Å²) in [4.78, 5) is -0.405. The number of hydrogen-bond acceptors (Lipinski definition) is 4. The van der Waals surface area contributed by atoms with Gasteiger partial charge in [-0.1, -0.05) is 6.92 Å². The molecule has 1 heterocycles. The zero-order valence-electron chi connectivity index (χ0n) is 12.2. The molecule has 1 saturated heterocycles. The Kier molecular flexibility index (Phi) is 4.85. The number of rotatable bonds is 5. The number of sulfonamides is 1. The van der Waals surface area contributed by atoms with Gasteiger partial charge in [-0.25, -0.2) is 17.5 Å². The van der Waals surface area contributed by atoms with Gasteiger partial charge in [0.15, 0.2) is 0 Å². The van der Waals surface area contributed by atoms with E-state index >= 15 is 0 Å². The first-order chi connectivity index (χ1) is 9.85. The summed E-state index contributed by atoms with van der Waals surface area (Å²) in [5.74, 6) is -0.667. The van der Waals surface area contributed by atoms with Gasteiger partial charge in [0.1, 0.15) is 10.7 Å². The second-order valence-electron chi connectivity index (χ2n) is 5.36. The van der Waals surface area contributed by atoms with E-state index in [0.717, 1.165) is 25.0 Å². The highest BCUT2D eigenvalue weighted by Gasteiger charge is 2.29. The number of halogens is 1. The lowest BCUT2D eigenvalue weighted by molar-refractivity contribution is 0.0884. The summed E-state index contributed by atoms with van der Waals surface area (Å²) >= 11 is 0. The van der Waals surface area contributed by atoms with Crippen LogP contribution in [0.3, 0.4) is 0 Å². The predicted molar refractivity (Wildman–Crippen MR) is 78.9 cm³/mol. The summed E-state index contributed by atoms with van der Waals surface area (Å²) in [5.41, 5.74) is 6.44. The highest BCUT2D eigenvalue weighted by Crippen LogP contribution is 2.24. The van der Waals surface area contributed by atoms with Crippen LogP contribution in [0.1, 0.15) is 25.3 Å². The fourth-order valence-electron chi connectivity index (χ4n) is 2.55. The Balaban J connectivity index is 2.14. The SMILES string of the molecule is CCC1OCCC1CNS(=O)(=O)c1cc(N)c(C)cc1F. The van der Waals surface area contributed by atoms with Crippen LogP contribution in [0.5, 0.6) is 0 Å². The lowest BCUT2D eigenvalue weighted by atomic mass is 10.0. The van der Waals surface area contributed by atoms with E-state index in [9.17, 15) is 12.8 Å². The number of nitrogens with two attached hydrogens (primary N) is 1. The lowest BCUT2D eigenvalue weighted by Crippen LogP contribution is -2.33. The first-order valence-corrected chi connectivity index (χ1v) is 8.50. The topological polar surface area (TPSA) is 81.4 Å². The predicted octanol–water partition coefficient (Wildman–Crippen LogP) is 1.81. The molecular formula is C14H21FN2O3S. The summed E-state index contributed by atoms with van der Waals surface area (Å²) < 4.78 is 46.3. The molecule has 0 aliphatic carbocycles. The first-order valence-electron chi connectivity index (χ1n) is 7.02. The van der Waals surface area contributed by atoms with Crippen molar-refractivity contribution in [3.05, 3.63) is 23.5 Å². The highest BCUT2D eigenvalue weighted by molar-refractivity contribution is 7.89. The molecule has 0 saturated carbocycles. The molecule has 1 aliphatic heterocycles. The number of ether oxygens (including phenoxy) is 1. The maximum atomic E-state index is 13.9. The molecule has 1 fully saturated rings. The number of anilines is 1. The third-order valence-corrected chi connectivity index (χ3v) is 5.33. The van der Waals surface area contributed by atoms with E-state index in [0.29, 0.717) is 12.2 Å². The molecule has 1 aromatic carbocycles. The zero-order chi connectivity index (χ0) is 15.6. The van der Waals surface area contributed by atoms with Crippen molar-refractivity contribution in [1.82, 2.24) is 4.72 Å². The van der Waals surface area contributed by atoms with Gasteiger partial charge in [0.25, 0.3) is 0 Å². The maximum Gasteiger partial charge on any atom is 0.243 e. The van der Waals surface area contributed by atoms with E-state index < -0.39 is 20.7 Å². The average Bonchev–Trinajstić information content (AvgIpc) is 2.88. The number of nitrogen functional groups attached to an aromatic ring is 1. The molecule has 3 N–H and O–H groups in total. The van der Waals surface area contributed by atoms with Crippen LogP contribution in [0.4, 0.5) is 10.1 Å². The minimum Gasteiger partial charge on any atom is -0.398 e. The molecule has 2 atom stereocenters. The van der Waals surface area contributed by atoms with Crippen LogP contribution in [-0.4, -0.2) is 27.7 Å². The van der Waals surface area contributed by atoms with Crippen LogP contribution >= 0.6 is 0 Å². The van der Waals surface area contributed by atoms with E-state index in [2.05, 4.69) is 4.72 Å². The van der Waals surface area contributed by atoms with Crippen molar-refractivity contribution in [2.45, 2.75) is 37.7 Å². The summed E-state index contributed by atoms with van der Waals surface area (Å²) in [6.07, 6.45) is 1.69. The maximum absolute atomic E-state index is 13.9. The Bertz CT molecular complexity index is 619. The number of benzene rings is 1. The minimum atomic E-state index is -3.91. The molecule has 0 aromatic heterocycles. The minimum absolute atomic E-state index is 0.0561. The third kappa shape index (κ3) is 3.53. The molecule has 2 unspecified atom stereocenters. The Morgan fingerprint density at radius 2 is 2.19 bits per heavy atom. The Hall–Kier alpha value is -1.18. The standard InChI is InChI=1S/C14H21FN2O3S/c1-3-13-10(4-5-20-13)8-17-21(18,19)14-7-12(16)9(2)6-11(14)15/h6-7,10,13,17H,3-5,8,16H2,1-2H3. The summed E-state index contributed by atoms with van der Waals surface area (Å²) in [6, 6.07) is 2.30. The van der Waals surface area contributed by atoms with Gasteiger partial charge in [0.2, 0.25) is 10.0 Å². The number of nitrogens with one attached hydrogen (secondary N) is 1. The normalized spacial score (nSPS) is 22.6. The average molecular weight is 316 g/mol. The van der Waals surface area contributed by atoms with Crippen molar-refractivity contribution in [2.75, 3.05) is 18.9 Å². The molecule has 5 nitrogen and oxygen atoms in total. The van der Waals surface area contributed by atoms with Crippen molar-refractivity contribution < 1.29 is 17.5 Å². The monoisotopic (exact) mass is 316 g/mol. The van der Waals surface area contributed by atoms with E-state index in [-0.39, 0.29) is 24.3 Å². The van der Waals surface area contributed by atoms with Crippen LogP contribution in [-0.2, 0) is 14.8 Å². The molecule has 0 radical (unpaired) electrons. The van der Waals surface area contributed by atoms with Crippen molar-refractivity contribution in [2.24, 2.45) is 5.92 Å². The Morgan fingerprint density at radius 3 is 2.86 bits per heavy atom. The van der Waals surface area contributed by atoms with Gasteiger partial charge in [0.05, 0.1) is 6.10 Å². The smallest absolute Gasteiger partial charge is 0.243 e. The van der Waals surface area contributed by atoms with Gasteiger partial charge in [-0.2, -0.15) is 0 Å². The molecule has 1 aliphatic rings. The quantitative estimate of drug-likeness (QED) is 0.812. The number of aryl methyl sites for hydroxylation is 1. The number of hydrogen-bond donors (Lipinski definition) is 2. The molecular weight excluding hydrogens is 295 g/mol. The van der Waals surface area contributed by atoms with Crippen LogP contribution in [0.25, 0.3) is 0 Å². The molecule has 0 bridgehead atoms. The molecule has 1 aromatic rings. The van der Waals surface area contributed by atoms with Gasteiger partial charge in [-0.3, -0.25) is 0 Å². The molecule has 21 heavy (non-hydrogen) atoms. The summed E-state index contributed by atoms with van der Waals surface area (Å²) in [5, 5.41) is 0. The fourth-order valence-corrected chi connectivity index (χ4v) is 3.73. The van der Waals surface area contributed by atoms with E-state index in [1.54, 1.807) is 6.92 Å². The second-order valence-corrected chi connectivity index (χ2v) is 7.09. The van der Waals surface area contributed by atoms with Gasteiger partial charge in [-0.05, 0) is 37.5 Å². The van der Waals surface area contributed by atoms with Crippen molar-refractivity contribution in [3.63, 3.8) is 0 Å². The van der Waals surface area contributed by atoms with E-state index in [4.69, 9.17) is 10.5 Å². The van der Waals surface area contributed by atoms with Crippen LogP contribution in [0, 0.1) is 18.7 Å². The van der Waals surface area contributed by atoms with Crippen LogP contribution < -0.4 is 10.5 Å². The van der Waals surface area contributed by atoms with Gasteiger partial charge in [0, 0.05) is 24.8 Å². The van der Waals surface area contributed by atoms with Crippen molar-refractivity contribution >= 4 is 15.7 Å². The summed E-state index contributed by atoms with van der Waals surface area (Å²) in [6.45, 7) is 4.51. The Labute approximate surface area is 124 Å². The third-order valence-electron chi connectivity index (χ3n) is 3.89. The van der Waals surface area contributed by atoms with E-state index in [1.165, 1.54) is 0 Å². The first kappa shape index (κ1) is 16.2. The molecule has 118 valence electrons. The summed E-state index contributed by atoms with van der Waals surface area (Å²) in [7, 11) is -3.91. The second kappa shape index (κ2) is 6.29. The van der Waals surface area contributed by atoms with Gasteiger partial charge < -0.3 is 10.5 Å². The Morgan fingerprint density at radius 1 is 1.48 bits per heavy atom. The van der Waals surface area contributed by atoms with Crippen molar-refractivity contribution in [1.29, 1.82) is 0 Å². The fraction of sp³-hybridized carbons (Fsp3) is 0.571. The van der Waals surface area contributed by atoms with Crippen molar-refractivity contribution in [3.8, 4) is 0 Å². The molecule has 2 rings (SSSR count). The highest BCUT2D eigenvalue weighted by atomic mass is 32.2. The van der Waals surface area contributed by atoms with Crippen LogP contribution in [0.2, 0.25) is 0 Å². The molecule has 7 heteroatoms. The molecule has 0 spiro atoms. The van der Waals surface area contributed by atoms with Crippen LogP contribution in [0.15, 0.2) is 17.0 Å². The van der Waals surface area contributed by atoms with E-state index in [1.807, 2.05) is 6.92 Å². The largest absolute Gasteiger partial charge is 0.398 e.